The number of nitrogens with one attached hydrogen (secondary N) is 3. The highest BCUT2D eigenvalue weighted by Crippen LogP contribution is 2.55. The average molecular weight is 882 g/mol. The van der Waals surface area contributed by atoms with Crippen LogP contribution in [0.25, 0.3) is 33.3 Å². The van der Waals surface area contributed by atoms with Crippen molar-refractivity contribution in [1.82, 2.24) is 34.8 Å². The van der Waals surface area contributed by atoms with Gasteiger partial charge in [-0.3, -0.25) is 19.0 Å². The molecule has 0 radical (unpaired) electrons. The summed E-state index contributed by atoms with van der Waals surface area (Å²) in [6.45, 7) is 12.3. The number of hydrogen-bond acceptors (Lipinski definition) is 11. The fourth-order valence-electron chi connectivity index (χ4n) is 10.1. The Balaban J connectivity index is 0.840. The molecule has 15 nitrogen and oxygen atoms in total. The summed E-state index contributed by atoms with van der Waals surface area (Å²) in [5.41, 5.74) is 6.21. The van der Waals surface area contributed by atoms with Crippen molar-refractivity contribution in [3.05, 3.63) is 89.5 Å². The SMILES string of the molecule is CC1CC(=O)Nc2cc(OCC3CCN(c4ncc(C(=O)NC5C(C)(C)C(Oc6ccc(C#N)c(Cl)c6)C5(C)C)cn4)CC3)cc(-c3ccc4c(c3)c(-c3cnn(C)c3)nn4C)c2N1. The van der Waals surface area contributed by atoms with E-state index in [4.69, 9.17) is 26.2 Å². The Morgan fingerprint density at radius 1 is 0.984 bits per heavy atom. The van der Waals surface area contributed by atoms with E-state index in [-0.39, 0.29) is 30.0 Å². The monoisotopic (exact) mass is 881 g/mol. The Morgan fingerprint density at radius 2 is 1.73 bits per heavy atom. The van der Waals surface area contributed by atoms with Gasteiger partial charge in [-0.05, 0) is 61.6 Å². The number of carbonyl (C=O) groups is 2. The van der Waals surface area contributed by atoms with E-state index in [2.05, 4.69) is 93.9 Å². The number of ether oxygens (including phenoxy) is 2. The number of amides is 2. The molecule has 1 aliphatic carbocycles. The summed E-state index contributed by atoms with van der Waals surface area (Å²) in [5, 5.41) is 29.7. The highest BCUT2D eigenvalue weighted by atomic mass is 35.5. The predicted molar refractivity (Wildman–Crippen MR) is 247 cm³/mol. The van der Waals surface area contributed by atoms with Crippen molar-refractivity contribution < 1.29 is 19.1 Å². The van der Waals surface area contributed by atoms with Crippen molar-refractivity contribution in [1.29, 1.82) is 5.26 Å². The Morgan fingerprint density at radius 3 is 2.42 bits per heavy atom. The Labute approximate surface area is 377 Å². The summed E-state index contributed by atoms with van der Waals surface area (Å²) in [6, 6.07) is 17.2. The number of hydrogen-bond donors (Lipinski definition) is 3. The van der Waals surface area contributed by atoms with E-state index >= 15 is 0 Å². The fourth-order valence-corrected chi connectivity index (χ4v) is 10.3. The van der Waals surface area contributed by atoms with Gasteiger partial charge in [0.15, 0.2) is 0 Å². The molecule has 9 rings (SSSR count). The minimum atomic E-state index is -0.400. The second kappa shape index (κ2) is 16.5. The van der Waals surface area contributed by atoms with Crippen molar-refractivity contribution in [2.75, 3.05) is 35.2 Å². The van der Waals surface area contributed by atoms with Gasteiger partial charge in [-0.25, -0.2) is 9.97 Å². The zero-order chi connectivity index (χ0) is 45.1. The molecule has 3 N–H and O–H groups in total. The summed E-state index contributed by atoms with van der Waals surface area (Å²) < 4.78 is 16.6. The smallest absolute Gasteiger partial charge is 0.254 e. The molecule has 330 valence electrons. The number of anilines is 3. The Kier molecular flexibility index (Phi) is 11.0. The number of nitriles is 1. The van der Waals surface area contributed by atoms with Crippen LogP contribution in [0, 0.1) is 28.1 Å². The van der Waals surface area contributed by atoms with E-state index in [1.54, 1.807) is 35.3 Å². The third kappa shape index (κ3) is 7.95. The van der Waals surface area contributed by atoms with Crippen LogP contribution in [0.5, 0.6) is 11.5 Å². The first-order valence-electron chi connectivity index (χ1n) is 21.7. The topological polar surface area (TPSA) is 177 Å². The number of fused-ring (bicyclic) bond motifs is 2. The maximum atomic E-state index is 13.5. The van der Waals surface area contributed by atoms with E-state index in [1.807, 2.05) is 44.2 Å². The van der Waals surface area contributed by atoms with Crippen LogP contribution in [0.4, 0.5) is 17.3 Å². The molecule has 16 heteroatoms. The molecule has 1 saturated carbocycles. The molecule has 0 bridgehead atoms. The quantitative estimate of drug-likeness (QED) is 0.122. The molecule has 2 amide bonds. The molecular weight excluding hydrogens is 830 g/mol. The number of halogens is 1. The number of benzene rings is 3. The highest BCUT2D eigenvalue weighted by molar-refractivity contribution is 6.31. The van der Waals surface area contributed by atoms with Crippen LogP contribution in [-0.2, 0) is 18.9 Å². The molecule has 5 heterocycles. The fraction of sp³-hybridized carbons (Fsp3) is 0.396. The van der Waals surface area contributed by atoms with Gasteiger partial charge in [-0.15, -0.1) is 0 Å². The number of aromatic nitrogens is 6. The van der Waals surface area contributed by atoms with Crippen LogP contribution >= 0.6 is 11.6 Å². The molecule has 1 saturated heterocycles. The van der Waals surface area contributed by atoms with E-state index < -0.39 is 10.8 Å². The molecule has 3 aromatic heterocycles. The highest BCUT2D eigenvalue weighted by Gasteiger charge is 2.64. The summed E-state index contributed by atoms with van der Waals surface area (Å²) in [4.78, 5) is 37.8. The Hall–Kier alpha value is -6.66. The number of rotatable bonds is 10. The zero-order valence-electron chi connectivity index (χ0n) is 37.1. The van der Waals surface area contributed by atoms with Crippen molar-refractivity contribution in [3.63, 3.8) is 0 Å². The van der Waals surface area contributed by atoms with E-state index in [0.717, 1.165) is 64.9 Å². The minimum absolute atomic E-state index is 0.0510. The molecular formula is C48H52ClN11O4. The van der Waals surface area contributed by atoms with Gasteiger partial charge >= 0.3 is 0 Å². The molecule has 1 atom stereocenters. The van der Waals surface area contributed by atoms with E-state index in [0.29, 0.717) is 58.2 Å². The largest absolute Gasteiger partial charge is 0.493 e. The average Bonchev–Trinajstić information content (AvgIpc) is 3.81. The van der Waals surface area contributed by atoms with E-state index in [9.17, 15) is 14.9 Å². The molecule has 2 fully saturated rings. The lowest BCUT2D eigenvalue weighted by Crippen LogP contribution is -2.74. The van der Waals surface area contributed by atoms with Gasteiger partial charge in [0.05, 0.1) is 45.8 Å². The van der Waals surface area contributed by atoms with Gasteiger partial charge in [0, 0.05) is 104 Å². The zero-order valence-corrected chi connectivity index (χ0v) is 37.8. The lowest BCUT2D eigenvalue weighted by atomic mass is 9.49. The maximum Gasteiger partial charge on any atom is 0.254 e. The van der Waals surface area contributed by atoms with Crippen molar-refractivity contribution in [2.24, 2.45) is 30.8 Å². The first kappa shape index (κ1) is 42.6. The minimum Gasteiger partial charge on any atom is -0.493 e. The lowest BCUT2D eigenvalue weighted by Gasteiger charge is -2.63. The number of aryl methyl sites for hydroxylation is 2. The van der Waals surface area contributed by atoms with E-state index in [1.165, 1.54) is 0 Å². The van der Waals surface area contributed by atoms with Gasteiger partial charge in [-0.1, -0.05) is 45.4 Å². The number of nitrogens with zero attached hydrogens (tertiary/aromatic N) is 8. The number of carbonyl (C=O) groups excluding carboxylic acids is 2. The standard InChI is InChI=1S/C48H52ClN11O4/c1-27-16-40(61)55-38-20-34(18-35(42(38)54-27)29-9-11-39-36(17-29)41(57-59(39)7)32-24-53-58(6)25-32)63-26-28-12-14-60(15-13-28)46-51-22-31(23-52-46)43(62)56-44-47(2,3)45(48(44,4)5)64-33-10-8-30(21-50)37(49)19-33/h8-11,17-20,22-25,27-28,44-45,54H,12-16,26H2,1-7H3,(H,55,61)(H,56,62). The van der Waals surface area contributed by atoms with Crippen LogP contribution < -0.4 is 30.3 Å². The van der Waals surface area contributed by atoms with Crippen LogP contribution in [0.2, 0.25) is 5.02 Å². The summed E-state index contributed by atoms with van der Waals surface area (Å²) in [5.74, 6) is 1.84. The summed E-state index contributed by atoms with van der Waals surface area (Å²) in [7, 11) is 3.84. The first-order chi connectivity index (χ1) is 30.6. The van der Waals surface area contributed by atoms with Crippen molar-refractivity contribution >= 4 is 51.6 Å². The summed E-state index contributed by atoms with van der Waals surface area (Å²) >= 11 is 6.27. The second-order valence-corrected chi connectivity index (χ2v) is 19.0. The Bertz CT molecular complexity index is 2800. The third-order valence-electron chi connectivity index (χ3n) is 13.1. The molecule has 64 heavy (non-hydrogen) atoms. The number of piperidine rings is 1. The lowest BCUT2D eigenvalue weighted by molar-refractivity contribution is -0.164. The molecule has 0 spiro atoms. The van der Waals surface area contributed by atoms with Crippen molar-refractivity contribution in [2.45, 2.75) is 72.1 Å². The third-order valence-corrected chi connectivity index (χ3v) is 13.4. The maximum absolute atomic E-state index is 13.5. The second-order valence-electron chi connectivity index (χ2n) is 18.6. The summed E-state index contributed by atoms with van der Waals surface area (Å²) in [6.07, 6.45) is 8.85. The van der Waals surface area contributed by atoms with Crippen LogP contribution in [-0.4, -0.2) is 79.2 Å². The van der Waals surface area contributed by atoms with Crippen LogP contribution in [0.3, 0.4) is 0 Å². The first-order valence-corrected chi connectivity index (χ1v) is 22.0. The predicted octanol–water partition coefficient (Wildman–Crippen LogP) is 8.01. The van der Waals surface area contributed by atoms with Gasteiger partial charge in [0.25, 0.3) is 5.91 Å². The van der Waals surface area contributed by atoms with Crippen molar-refractivity contribution in [3.8, 4) is 40.0 Å². The molecule has 6 aromatic rings. The van der Waals surface area contributed by atoms with Gasteiger partial charge < -0.3 is 30.3 Å². The van der Waals surface area contributed by atoms with Crippen LogP contribution in [0.1, 0.15) is 69.8 Å². The molecule has 3 aromatic carbocycles. The molecule has 3 aliphatic rings. The molecule has 1 unspecified atom stereocenters. The molecule has 2 aliphatic heterocycles. The van der Waals surface area contributed by atoms with Gasteiger partial charge in [-0.2, -0.15) is 15.5 Å². The van der Waals surface area contributed by atoms with Gasteiger partial charge in [0.2, 0.25) is 11.9 Å². The van der Waals surface area contributed by atoms with Crippen LogP contribution in [0.15, 0.2) is 73.3 Å². The normalized spacial score (nSPS) is 20.3. The van der Waals surface area contributed by atoms with Gasteiger partial charge in [0.1, 0.15) is 29.4 Å².